The lowest BCUT2D eigenvalue weighted by Crippen LogP contribution is -2.29. The zero-order valence-corrected chi connectivity index (χ0v) is 7.16. The van der Waals surface area contributed by atoms with Crippen molar-refractivity contribution in [2.75, 3.05) is 19.7 Å². The Morgan fingerprint density at radius 3 is 2.67 bits per heavy atom. The predicted molar refractivity (Wildman–Crippen MR) is 47.2 cm³/mol. The molecule has 12 heavy (non-hydrogen) atoms. The second-order valence-corrected chi connectivity index (χ2v) is 2.55. The van der Waals surface area contributed by atoms with Crippen LogP contribution in [0.25, 0.3) is 0 Å². The van der Waals surface area contributed by atoms with E-state index in [1.54, 1.807) is 0 Å². The molecule has 0 aromatic carbocycles. The van der Waals surface area contributed by atoms with Gasteiger partial charge >= 0.3 is 0 Å². The molecule has 0 heterocycles. The molecular formula is C7H17N3O2. The summed E-state index contributed by atoms with van der Waals surface area (Å²) in [4.78, 5) is 0. The molecular weight excluding hydrogens is 158 g/mol. The third kappa shape index (κ3) is 7.30. The Kier molecular flexibility index (Phi) is 7.73. The van der Waals surface area contributed by atoms with E-state index in [-0.39, 0.29) is 12.4 Å². The van der Waals surface area contributed by atoms with Gasteiger partial charge in [-0.3, -0.25) is 0 Å². The highest BCUT2D eigenvalue weighted by atomic mass is 16.4. The van der Waals surface area contributed by atoms with Gasteiger partial charge in [-0.05, 0) is 25.8 Å². The number of nitrogens with zero attached hydrogens (tertiary/aromatic N) is 1. The number of rotatable bonds is 7. The molecule has 0 aliphatic rings. The number of nitrogens with two attached hydrogens (primary N) is 1. The molecule has 0 saturated carbocycles. The SMILES string of the molecule is NC(CNCCCCCO)=NO. The molecule has 72 valence electrons. The van der Waals surface area contributed by atoms with Gasteiger partial charge in [0.1, 0.15) is 0 Å². The van der Waals surface area contributed by atoms with E-state index in [1.807, 2.05) is 0 Å². The predicted octanol–water partition coefficient (Wildman–Crippen LogP) is -0.515. The molecule has 5 heteroatoms. The maximum Gasteiger partial charge on any atom is 0.153 e. The van der Waals surface area contributed by atoms with Crippen molar-refractivity contribution in [3.63, 3.8) is 0 Å². The first kappa shape index (κ1) is 11.2. The van der Waals surface area contributed by atoms with Crippen molar-refractivity contribution in [1.82, 2.24) is 5.32 Å². The molecule has 0 unspecified atom stereocenters. The number of hydrogen-bond acceptors (Lipinski definition) is 4. The van der Waals surface area contributed by atoms with Crippen LogP contribution in [0, 0.1) is 0 Å². The third-order valence-corrected chi connectivity index (χ3v) is 1.45. The van der Waals surface area contributed by atoms with Crippen molar-refractivity contribution >= 4 is 5.84 Å². The van der Waals surface area contributed by atoms with Crippen molar-refractivity contribution in [3.05, 3.63) is 0 Å². The van der Waals surface area contributed by atoms with Crippen LogP contribution in [0.5, 0.6) is 0 Å². The fraction of sp³-hybridized carbons (Fsp3) is 0.857. The molecule has 0 aliphatic carbocycles. The first-order valence-electron chi connectivity index (χ1n) is 4.09. The summed E-state index contributed by atoms with van der Waals surface area (Å²) in [7, 11) is 0. The highest BCUT2D eigenvalue weighted by molar-refractivity contribution is 5.81. The summed E-state index contributed by atoms with van der Waals surface area (Å²) in [6.45, 7) is 1.49. The van der Waals surface area contributed by atoms with Gasteiger partial charge < -0.3 is 21.4 Å². The van der Waals surface area contributed by atoms with Gasteiger partial charge in [-0.1, -0.05) is 5.16 Å². The zero-order chi connectivity index (χ0) is 9.23. The first-order valence-corrected chi connectivity index (χ1v) is 4.09. The van der Waals surface area contributed by atoms with Gasteiger partial charge in [-0.15, -0.1) is 0 Å². The molecule has 0 saturated heterocycles. The Labute approximate surface area is 72.3 Å². The molecule has 5 N–H and O–H groups in total. The monoisotopic (exact) mass is 175 g/mol. The van der Waals surface area contributed by atoms with Crippen LogP contribution in [-0.2, 0) is 0 Å². The quantitative estimate of drug-likeness (QED) is 0.138. The molecule has 0 bridgehead atoms. The number of hydrogen-bond donors (Lipinski definition) is 4. The minimum atomic E-state index is 0.192. The Balaban J connectivity index is 3.00. The van der Waals surface area contributed by atoms with Crippen LogP contribution < -0.4 is 11.1 Å². The average molecular weight is 175 g/mol. The standard InChI is InChI=1S/C7H17N3O2/c8-7(10-12)6-9-4-2-1-3-5-11/h9,11-12H,1-6H2,(H2,8,10). The van der Waals surface area contributed by atoms with Gasteiger partial charge in [0.15, 0.2) is 5.84 Å². The van der Waals surface area contributed by atoms with Gasteiger partial charge in [0.05, 0.1) is 6.54 Å². The zero-order valence-electron chi connectivity index (χ0n) is 7.16. The number of aliphatic hydroxyl groups is 1. The van der Waals surface area contributed by atoms with Crippen LogP contribution in [0.4, 0.5) is 0 Å². The summed E-state index contributed by atoms with van der Waals surface area (Å²) >= 11 is 0. The smallest absolute Gasteiger partial charge is 0.153 e. The third-order valence-electron chi connectivity index (χ3n) is 1.45. The summed E-state index contributed by atoms with van der Waals surface area (Å²) in [5.74, 6) is 0.192. The van der Waals surface area contributed by atoms with Gasteiger partial charge in [0, 0.05) is 6.61 Å². The molecule has 0 aromatic heterocycles. The van der Waals surface area contributed by atoms with Crippen molar-refractivity contribution in [1.29, 1.82) is 0 Å². The molecule has 0 atom stereocenters. The van der Waals surface area contributed by atoms with Crippen LogP contribution >= 0.6 is 0 Å². The van der Waals surface area contributed by atoms with Gasteiger partial charge in [-0.25, -0.2) is 0 Å². The Bertz CT molecular complexity index is 128. The molecule has 0 fully saturated rings. The maximum atomic E-state index is 8.46. The van der Waals surface area contributed by atoms with E-state index in [9.17, 15) is 0 Å². The number of aliphatic hydroxyl groups excluding tert-OH is 1. The van der Waals surface area contributed by atoms with E-state index in [0.29, 0.717) is 6.54 Å². The Hall–Kier alpha value is -0.810. The fourth-order valence-corrected chi connectivity index (χ4v) is 0.790. The highest BCUT2D eigenvalue weighted by Gasteiger charge is 1.91. The van der Waals surface area contributed by atoms with Crippen molar-refractivity contribution in [2.45, 2.75) is 19.3 Å². The lowest BCUT2D eigenvalue weighted by atomic mass is 10.2. The van der Waals surface area contributed by atoms with E-state index < -0.39 is 0 Å². The van der Waals surface area contributed by atoms with Crippen molar-refractivity contribution in [3.8, 4) is 0 Å². The Morgan fingerprint density at radius 2 is 2.08 bits per heavy atom. The topological polar surface area (TPSA) is 90.9 Å². The molecule has 5 nitrogen and oxygen atoms in total. The van der Waals surface area contributed by atoms with E-state index >= 15 is 0 Å². The van der Waals surface area contributed by atoms with Crippen LogP contribution in [0.1, 0.15) is 19.3 Å². The second kappa shape index (κ2) is 8.29. The maximum absolute atomic E-state index is 8.46. The van der Waals surface area contributed by atoms with Crippen LogP contribution in [-0.4, -0.2) is 35.8 Å². The number of nitrogens with one attached hydrogen (secondary N) is 1. The fourth-order valence-electron chi connectivity index (χ4n) is 0.790. The normalized spacial score (nSPS) is 11.9. The average Bonchev–Trinajstić information content (AvgIpc) is 2.10. The van der Waals surface area contributed by atoms with E-state index in [1.165, 1.54) is 0 Å². The molecule has 0 aromatic rings. The van der Waals surface area contributed by atoms with Crippen molar-refractivity contribution < 1.29 is 10.3 Å². The van der Waals surface area contributed by atoms with Gasteiger partial charge in [0.25, 0.3) is 0 Å². The number of oxime groups is 1. The second-order valence-electron chi connectivity index (χ2n) is 2.55. The van der Waals surface area contributed by atoms with E-state index in [4.69, 9.17) is 16.0 Å². The molecule has 0 spiro atoms. The summed E-state index contributed by atoms with van der Waals surface area (Å²) in [6, 6.07) is 0. The number of amidine groups is 1. The first-order chi connectivity index (χ1) is 5.81. The summed E-state index contributed by atoms with van der Waals surface area (Å²) in [5, 5.41) is 22.4. The molecule has 0 amide bonds. The van der Waals surface area contributed by atoms with Gasteiger partial charge in [-0.2, -0.15) is 0 Å². The minimum absolute atomic E-state index is 0.192. The number of unbranched alkanes of at least 4 members (excludes halogenated alkanes) is 2. The van der Waals surface area contributed by atoms with Crippen molar-refractivity contribution in [2.24, 2.45) is 10.9 Å². The summed E-state index contributed by atoms with van der Waals surface area (Å²) in [6.07, 6.45) is 2.84. The highest BCUT2D eigenvalue weighted by Crippen LogP contribution is 1.91. The molecule has 0 rings (SSSR count). The molecule has 0 radical (unpaired) electrons. The summed E-state index contributed by atoms with van der Waals surface area (Å²) < 4.78 is 0. The lowest BCUT2D eigenvalue weighted by molar-refractivity contribution is 0.283. The minimum Gasteiger partial charge on any atom is -0.409 e. The lowest BCUT2D eigenvalue weighted by Gasteiger charge is -2.01. The van der Waals surface area contributed by atoms with Gasteiger partial charge in [0.2, 0.25) is 0 Å². The molecule has 0 aliphatic heterocycles. The largest absolute Gasteiger partial charge is 0.409 e. The van der Waals surface area contributed by atoms with Crippen LogP contribution in [0.2, 0.25) is 0 Å². The van der Waals surface area contributed by atoms with E-state index in [0.717, 1.165) is 25.8 Å². The Morgan fingerprint density at radius 1 is 1.33 bits per heavy atom. The van der Waals surface area contributed by atoms with E-state index in [2.05, 4.69) is 10.5 Å². The van der Waals surface area contributed by atoms with Crippen LogP contribution in [0.3, 0.4) is 0 Å². The summed E-state index contributed by atoms with van der Waals surface area (Å²) in [5.41, 5.74) is 5.21. The van der Waals surface area contributed by atoms with Crippen LogP contribution in [0.15, 0.2) is 5.16 Å².